The van der Waals surface area contributed by atoms with E-state index in [0.717, 1.165) is 44.6 Å². The number of aromatic amines is 1. The summed E-state index contributed by atoms with van der Waals surface area (Å²) >= 11 is 0. The van der Waals surface area contributed by atoms with Gasteiger partial charge in [0, 0.05) is 43.9 Å². The highest BCUT2D eigenvalue weighted by Crippen LogP contribution is 2.29. The number of aromatic nitrogens is 2. The van der Waals surface area contributed by atoms with E-state index in [1.807, 2.05) is 11.1 Å². The smallest absolute Gasteiger partial charge is 0.222 e. The van der Waals surface area contributed by atoms with Crippen molar-refractivity contribution in [2.45, 2.75) is 50.5 Å². The average Bonchev–Trinajstić information content (AvgIpc) is 3.12. The molecule has 0 aromatic carbocycles. The van der Waals surface area contributed by atoms with Gasteiger partial charge >= 0.3 is 0 Å². The molecule has 110 valence electrons. The van der Waals surface area contributed by atoms with Crippen LogP contribution in [0.5, 0.6) is 0 Å². The Balaban J connectivity index is 1.57. The fourth-order valence-corrected chi connectivity index (χ4v) is 3.60. The zero-order valence-corrected chi connectivity index (χ0v) is 11.9. The Hall–Kier alpha value is -1.36. The molecule has 5 heteroatoms. The van der Waals surface area contributed by atoms with Crippen LogP contribution in [0.25, 0.3) is 0 Å². The van der Waals surface area contributed by atoms with Crippen LogP contribution in [0.2, 0.25) is 0 Å². The lowest BCUT2D eigenvalue weighted by Gasteiger charge is -2.33. The molecule has 2 fully saturated rings. The van der Waals surface area contributed by atoms with Crippen LogP contribution in [0.15, 0.2) is 12.4 Å². The van der Waals surface area contributed by atoms with Gasteiger partial charge in [-0.05, 0) is 31.6 Å². The quantitative estimate of drug-likeness (QED) is 0.881. The molecule has 1 aliphatic heterocycles. The van der Waals surface area contributed by atoms with Crippen molar-refractivity contribution in [3.63, 3.8) is 0 Å². The molecule has 5 nitrogen and oxygen atoms in total. The third kappa shape index (κ3) is 2.87. The number of carbonyl (C=O) groups excluding carboxylic acids is 1. The molecule has 1 aromatic rings. The monoisotopic (exact) mass is 276 g/mol. The second-order valence-electron chi connectivity index (χ2n) is 6.21. The number of carbonyl (C=O) groups is 1. The number of rotatable bonds is 3. The summed E-state index contributed by atoms with van der Waals surface area (Å²) in [5.41, 5.74) is 6.08. The van der Waals surface area contributed by atoms with Crippen molar-refractivity contribution >= 4 is 5.91 Å². The molecule has 3 rings (SSSR count). The van der Waals surface area contributed by atoms with E-state index in [4.69, 9.17) is 5.73 Å². The van der Waals surface area contributed by atoms with Crippen molar-refractivity contribution in [1.29, 1.82) is 0 Å². The minimum Gasteiger partial charge on any atom is -0.348 e. The van der Waals surface area contributed by atoms with Gasteiger partial charge in [-0.1, -0.05) is 6.42 Å². The van der Waals surface area contributed by atoms with E-state index in [-0.39, 0.29) is 11.9 Å². The van der Waals surface area contributed by atoms with E-state index in [1.165, 1.54) is 6.42 Å². The lowest BCUT2D eigenvalue weighted by atomic mass is 9.95. The molecule has 1 amide bonds. The number of hydrogen-bond donors (Lipinski definition) is 2. The summed E-state index contributed by atoms with van der Waals surface area (Å²) in [6, 6.07) is 0.226. The number of hydrogen-bond acceptors (Lipinski definition) is 3. The summed E-state index contributed by atoms with van der Waals surface area (Å²) in [6.07, 6.45) is 9.81. The minimum atomic E-state index is 0.226. The first-order valence-corrected chi connectivity index (χ1v) is 7.76. The molecule has 1 saturated heterocycles. The third-order valence-electron chi connectivity index (χ3n) is 4.83. The maximum atomic E-state index is 12.5. The van der Waals surface area contributed by atoms with E-state index in [0.29, 0.717) is 18.3 Å². The van der Waals surface area contributed by atoms with Gasteiger partial charge in [0.1, 0.15) is 5.82 Å². The summed E-state index contributed by atoms with van der Waals surface area (Å²) in [6.45, 7) is 1.69. The molecule has 1 aromatic heterocycles. The van der Waals surface area contributed by atoms with Crippen LogP contribution in [-0.4, -0.2) is 39.9 Å². The molecule has 1 unspecified atom stereocenters. The molecule has 2 heterocycles. The first kappa shape index (κ1) is 13.6. The minimum absolute atomic E-state index is 0.226. The lowest BCUT2D eigenvalue weighted by Crippen LogP contribution is -2.41. The number of piperidine rings is 1. The number of nitrogens with zero attached hydrogens (tertiary/aromatic N) is 2. The second-order valence-corrected chi connectivity index (χ2v) is 6.21. The number of amides is 1. The van der Waals surface area contributed by atoms with Gasteiger partial charge in [-0.25, -0.2) is 4.98 Å². The predicted octanol–water partition coefficient (Wildman–Crippen LogP) is 1.63. The first-order valence-electron chi connectivity index (χ1n) is 7.76. The van der Waals surface area contributed by atoms with E-state index in [2.05, 4.69) is 9.97 Å². The molecule has 3 N–H and O–H groups in total. The largest absolute Gasteiger partial charge is 0.348 e. The van der Waals surface area contributed by atoms with E-state index in [9.17, 15) is 4.79 Å². The van der Waals surface area contributed by atoms with Crippen molar-refractivity contribution in [1.82, 2.24) is 14.9 Å². The van der Waals surface area contributed by atoms with Crippen molar-refractivity contribution in [2.75, 3.05) is 13.1 Å². The summed E-state index contributed by atoms with van der Waals surface area (Å²) in [5.74, 6) is 2.05. The van der Waals surface area contributed by atoms with Gasteiger partial charge in [-0.2, -0.15) is 0 Å². The lowest BCUT2D eigenvalue weighted by molar-refractivity contribution is -0.133. The van der Waals surface area contributed by atoms with Gasteiger partial charge in [0.15, 0.2) is 0 Å². The van der Waals surface area contributed by atoms with Crippen LogP contribution in [-0.2, 0) is 4.79 Å². The Morgan fingerprint density at radius 1 is 1.40 bits per heavy atom. The fourth-order valence-electron chi connectivity index (χ4n) is 3.60. The highest BCUT2D eigenvalue weighted by Gasteiger charge is 2.30. The molecule has 1 aliphatic carbocycles. The molecule has 0 radical (unpaired) electrons. The Bertz CT molecular complexity index is 445. The van der Waals surface area contributed by atoms with Crippen molar-refractivity contribution in [3.05, 3.63) is 18.2 Å². The SMILES string of the molecule is N[C@@H]1CCC[C@H]1CC(=O)N1CCCC(c2ncc[nH]2)C1. The normalized spacial score (nSPS) is 30.6. The zero-order chi connectivity index (χ0) is 13.9. The van der Waals surface area contributed by atoms with Crippen molar-refractivity contribution in [3.8, 4) is 0 Å². The standard InChI is InChI=1S/C15H24N4O/c16-13-5-1-3-11(13)9-14(20)19-8-2-4-12(10-19)15-17-6-7-18-15/h6-7,11-13H,1-5,8-10,16H2,(H,17,18)/t11-,12?,13+/m0/s1. The molecule has 0 spiro atoms. The summed E-state index contributed by atoms with van der Waals surface area (Å²) in [7, 11) is 0. The molecular weight excluding hydrogens is 252 g/mol. The summed E-state index contributed by atoms with van der Waals surface area (Å²) < 4.78 is 0. The molecule has 1 saturated carbocycles. The Kier molecular flexibility index (Phi) is 4.05. The molecular formula is C15H24N4O. The summed E-state index contributed by atoms with van der Waals surface area (Å²) in [5, 5.41) is 0. The number of nitrogens with two attached hydrogens (primary N) is 1. The fraction of sp³-hybridized carbons (Fsp3) is 0.733. The second kappa shape index (κ2) is 5.95. The Morgan fingerprint density at radius 3 is 3.00 bits per heavy atom. The van der Waals surface area contributed by atoms with Crippen molar-refractivity contribution < 1.29 is 4.79 Å². The average molecular weight is 276 g/mol. The van der Waals surface area contributed by atoms with Gasteiger partial charge in [-0.3, -0.25) is 4.79 Å². The van der Waals surface area contributed by atoms with Gasteiger partial charge in [0.05, 0.1) is 0 Å². The van der Waals surface area contributed by atoms with Gasteiger partial charge in [0.25, 0.3) is 0 Å². The Morgan fingerprint density at radius 2 is 2.30 bits per heavy atom. The molecule has 2 aliphatic rings. The zero-order valence-electron chi connectivity index (χ0n) is 11.9. The first-order chi connectivity index (χ1) is 9.74. The molecule has 3 atom stereocenters. The highest BCUT2D eigenvalue weighted by atomic mass is 16.2. The van der Waals surface area contributed by atoms with E-state index in [1.54, 1.807) is 6.20 Å². The number of likely N-dealkylation sites (tertiary alicyclic amines) is 1. The maximum Gasteiger partial charge on any atom is 0.222 e. The van der Waals surface area contributed by atoms with Crippen LogP contribution in [0.1, 0.15) is 50.3 Å². The van der Waals surface area contributed by atoms with E-state index < -0.39 is 0 Å². The summed E-state index contributed by atoms with van der Waals surface area (Å²) in [4.78, 5) is 22.0. The number of H-pyrrole nitrogens is 1. The van der Waals surface area contributed by atoms with E-state index >= 15 is 0 Å². The van der Waals surface area contributed by atoms with Crippen LogP contribution in [0.3, 0.4) is 0 Å². The van der Waals surface area contributed by atoms with Crippen LogP contribution < -0.4 is 5.73 Å². The topological polar surface area (TPSA) is 75.0 Å². The van der Waals surface area contributed by atoms with Crippen LogP contribution in [0.4, 0.5) is 0 Å². The Labute approximate surface area is 119 Å². The maximum absolute atomic E-state index is 12.5. The molecule has 20 heavy (non-hydrogen) atoms. The van der Waals surface area contributed by atoms with Gasteiger partial charge < -0.3 is 15.6 Å². The molecule has 0 bridgehead atoms. The van der Waals surface area contributed by atoms with Gasteiger partial charge in [-0.15, -0.1) is 0 Å². The third-order valence-corrected chi connectivity index (χ3v) is 4.83. The van der Waals surface area contributed by atoms with Crippen molar-refractivity contribution in [2.24, 2.45) is 11.7 Å². The van der Waals surface area contributed by atoms with Crippen LogP contribution >= 0.6 is 0 Å². The number of nitrogens with one attached hydrogen (secondary N) is 1. The van der Waals surface area contributed by atoms with Gasteiger partial charge in [0.2, 0.25) is 5.91 Å². The highest BCUT2D eigenvalue weighted by molar-refractivity contribution is 5.76. The number of imidazole rings is 1. The predicted molar refractivity (Wildman–Crippen MR) is 77.1 cm³/mol. The van der Waals surface area contributed by atoms with Crippen LogP contribution in [0, 0.1) is 5.92 Å².